The van der Waals surface area contributed by atoms with Crippen molar-refractivity contribution < 1.29 is 25.0 Å². The van der Waals surface area contributed by atoms with Crippen LogP contribution < -0.4 is 0 Å². The van der Waals surface area contributed by atoms with Crippen molar-refractivity contribution >= 4 is 11.5 Å². The van der Waals surface area contributed by atoms with Crippen molar-refractivity contribution in [2.45, 2.75) is 0 Å². The van der Waals surface area contributed by atoms with E-state index < -0.39 is 22.2 Å². The summed E-state index contributed by atoms with van der Waals surface area (Å²) in [6, 6.07) is 6.54. The first-order chi connectivity index (χ1) is 9.40. The maximum Gasteiger partial charge on any atom is 0.269 e. The lowest BCUT2D eigenvalue weighted by Gasteiger charge is -2.07. The normalized spacial score (nSPS) is 10.2. The summed E-state index contributed by atoms with van der Waals surface area (Å²) < 4.78 is 0. The number of nitro groups is 1. The summed E-state index contributed by atoms with van der Waals surface area (Å²) in [5.41, 5.74) is -0.496. The highest BCUT2D eigenvalue weighted by atomic mass is 16.6. The number of benzene rings is 2. The molecule has 2 aromatic rings. The topological polar surface area (TPSA) is 121 Å². The van der Waals surface area contributed by atoms with Gasteiger partial charge in [-0.1, -0.05) is 0 Å². The molecule has 20 heavy (non-hydrogen) atoms. The summed E-state index contributed by atoms with van der Waals surface area (Å²) in [5, 5.41) is 38.9. The van der Waals surface area contributed by atoms with Crippen molar-refractivity contribution in [1.29, 1.82) is 0 Å². The Labute approximate surface area is 112 Å². The van der Waals surface area contributed by atoms with Crippen molar-refractivity contribution in [3.8, 4) is 17.2 Å². The van der Waals surface area contributed by atoms with Gasteiger partial charge >= 0.3 is 0 Å². The number of carbonyl (C=O) groups is 1. The van der Waals surface area contributed by atoms with Crippen molar-refractivity contribution in [2.75, 3.05) is 0 Å². The monoisotopic (exact) mass is 275 g/mol. The number of nitro benzene ring substituents is 1. The van der Waals surface area contributed by atoms with Gasteiger partial charge in [0.25, 0.3) is 5.69 Å². The minimum Gasteiger partial charge on any atom is -0.508 e. The number of ketones is 1. The van der Waals surface area contributed by atoms with Gasteiger partial charge in [-0.15, -0.1) is 0 Å². The summed E-state index contributed by atoms with van der Waals surface area (Å²) >= 11 is 0. The van der Waals surface area contributed by atoms with Gasteiger partial charge in [0, 0.05) is 29.8 Å². The van der Waals surface area contributed by atoms with Crippen molar-refractivity contribution in [1.82, 2.24) is 0 Å². The Bertz CT molecular complexity index is 670. The van der Waals surface area contributed by atoms with Crippen molar-refractivity contribution in [2.24, 2.45) is 0 Å². The standard InChI is InChI=1S/C13H9NO6/c15-9-5-10(16)12(11(17)6-9)13(18)7-1-3-8(4-2-7)14(19)20/h1-6,15-17H. The fourth-order valence-corrected chi connectivity index (χ4v) is 1.71. The lowest BCUT2D eigenvalue weighted by atomic mass is 10.0. The average molecular weight is 275 g/mol. The van der Waals surface area contributed by atoms with Crippen LogP contribution in [0.4, 0.5) is 5.69 Å². The molecule has 0 aliphatic carbocycles. The zero-order valence-electron chi connectivity index (χ0n) is 9.98. The Hall–Kier alpha value is -3.09. The van der Waals surface area contributed by atoms with Crippen LogP contribution in [0.1, 0.15) is 15.9 Å². The van der Waals surface area contributed by atoms with Gasteiger partial charge in [0.05, 0.1) is 4.92 Å². The van der Waals surface area contributed by atoms with Crippen LogP contribution in [0.3, 0.4) is 0 Å². The lowest BCUT2D eigenvalue weighted by molar-refractivity contribution is -0.384. The summed E-state index contributed by atoms with van der Waals surface area (Å²) in [4.78, 5) is 22.0. The molecule has 0 heterocycles. The quantitative estimate of drug-likeness (QED) is 0.447. The van der Waals surface area contributed by atoms with Gasteiger partial charge in [-0.25, -0.2) is 0 Å². The van der Waals surface area contributed by atoms with Gasteiger partial charge in [0.15, 0.2) is 0 Å². The first-order valence-corrected chi connectivity index (χ1v) is 5.44. The van der Waals surface area contributed by atoms with E-state index in [1.807, 2.05) is 0 Å². The van der Waals surface area contributed by atoms with E-state index in [1.54, 1.807) is 0 Å². The Morgan fingerprint density at radius 2 is 1.50 bits per heavy atom. The van der Waals surface area contributed by atoms with E-state index in [9.17, 15) is 25.1 Å². The summed E-state index contributed by atoms with van der Waals surface area (Å²) in [5.74, 6) is -2.26. The minimum atomic E-state index is -0.713. The number of hydrogen-bond acceptors (Lipinski definition) is 6. The van der Waals surface area contributed by atoms with Crippen LogP contribution in [0.5, 0.6) is 17.2 Å². The number of non-ortho nitro benzene ring substituents is 1. The van der Waals surface area contributed by atoms with Crippen molar-refractivity contribution in [3.63, 3.8) is 0 Å². The second kappa shape index (κ2) is 4.88. The maximum atomic E-state index is 12.1. The lowest BCUT2D eigenvalue weighted by Crippen LogP contribution is -2.02. The number of rotatable bonds is 3. The Balaban J connectivity index is 2.44. The molecule has 0 saturated heterocycles. The van der Waals surface area contributed by atoms with Gasteiger partial charge in [-0.2, -0.15) is 0 Å². The second-order valence-corrected chi connectivity index (χ2v) is 3.99. The zero-order valence-corrected chi connectivity index (χ0v) is 9.98. The van der Waals surface area contributed by atoms with Gasteiger partial charge in [0.2, 0.25) is 5.78 Å². The van der Waals surface area contributed by atoms with Crippen LogP contribution in [0.15, 0.2) is 36.4 Å². The number of hydrogen-bond donors (Lipinski definition) is 3. The van der Waals surface area contributed by atoms with Gasteiger partial charge in [-0.05, 0) is 12.1 Å². The molecule has 3 N–H and O–H groups in total. The number of carbonyl (C=O) groups excluding carboxylic acids is 1. The largest absolute Gasteiger partial charge is 0.508 e. The Morgan fingerprint density at radius 1 is 1.00 bits per heavy atom. The third kappa shape index (κ3) is 2.37. The molecule has 0 aromatic heterocycles. The fourth-order valence-electron chi connectivity index (χ4n) is 1.71. The molecular formula is C13H9NO6. The van der Waals surface area contributed by atoms with E-state index in [0.717, 1.165) is 24.3 Å². The van der Waals surface area contributed by atoms with Crippen LogP contribution in [0.2, 0.25) is 0 Å². The molecule has 0 saturated carbocycles. The van der Waals surface area contributed by atoms with E-state index in [0.29, 0.717) is 0 Å². The van der Waals surface area contributed by atoms with Crippen molar-refractivity contribution in [3.05, 3.63) is 57.6 Å². The van der Waals surface area contributed by atoms with Gasteiger partial charge < -0.3 is 15.3 Å². The first-order valence-electron chi connectivity index (χ1n) is 5.44. The highest BCUT2D eigenvalue weighted by Gasteiger charge is 2.20. The van der Waals surface area contributed by atoms with E-state index in [1.165, 1.54) is 12.1 Å². The van der Waals surface area contributed by atoms with Crippen LogP contribution in [-0.2, 0) is 0 Å². The Morgan fingerprint density at radius 3 is 1.95 bits per heavy atom. The summed E-state index contributed by atoms with van der Waals surface area (Å²) in [6.45, 7) is 0. The van der Waals surface area contributed by atoms with Crippen LogP contribution in [0, 0.1) is 10.1 Å². The second-order valence-electron chi connectivity index (χ2n) is 3.99. The maximum absolute atomic E-state index is 12.1. The van der Waals surface area contributed by atoms with Crippen LogP contribution in [0.25, 0.3) is 0 Å². The molecule has 2 rings (SSSR count). The Kier molecular flexibility index (Phi) is 3.26. The predicted molar refractivity (Wildman–Crippen MR) is 68.0 cm³/mol. The molecule has 0 bridgehead atoms. The van der Waals surface area contributed by atoms with Crippen LogP contribution >= 0.6 is 0 Å². The molecule has 0 fully saturated rings. The van der Waals surface area contributed by atoms with E-state index in [-0.39, 0.29) is 22.6 Å². The first kappa shape index (κ1) is 13.3. The molecule has 2 aromatic carbocycles. The van der Waals surface area contributed by atoms with E-state index in [4.69, 9.17) is 5.11 Å². The van der Waals surface area contributed by atoms with E-state index in [2.05, 4.69) is 0 Å². The highest BCUT2D eigenvalue weighted by Crippen LogP contribution is 2.33. The highest BCUT2D eigenvalue weighted by molar-refractivity contribution is 6.12. The number of phenols is 3. The molecule has 0 unspecified atom stereocenters. The summed E-state index contributed by atoms with van der Waals surface area (Å²) in [6.07, 6.45) is 0. The fraction of sp³-hybridized carbons (Fsp3) is 0. The van der Waals surface area contributed by atoms with Crippen LogP contribution in [-0.4, -0.2) is 26.0 Å². The molecule has 0 aliphatic heterocycles. The molecule has 0 aliphatic rings. The third-order valence-electron chi connectivity index (χ3n) is 2.65. The molecule has 7 nitrogen and oxygen atoms in total. The molecule has 0 radical (unpaired) electrons. The van der Waals surface area contributed by atoms with Gasteiger partial charge in [0.1, 0.15) is 22.8 Å². The van der Waals surface area contributed by atoms with Gasteiger partial charge in [-0.3, -0.25) is 14.9 Å². The number of aromatic hydroxyl groups is 3. The molecule has 0 spiro atoms. The number of phenolic OH excluding ortho intramolecular Hbond substituents is 3. The average Bonchev–Trinajstić information content (AvgIpc) is 2.37. The molecule has 7 heteroatoms. The SMILES string of the molecule is O=C(c1ccc([N+](=O)[O-])cc1)c1c(O)cc(O)cc1O. The predicted octanol–water partition coefficient (Wildman–Crippen LogP) is 1.94. The molecule has 102 valence electrons. The minimum absolute atomic E-state index is 0.0619. The zero-order chi connectivity index (χ0) is 14.9. The molecule has 0 amide bonds. The third-order valence-corrected chi connectivity index (χ3v) is 2.65. The number of nitrogens with zero attached hydrogens (tertiary/aromatic N) is 1. The van der Waals surface area contributed by atoms with E-state index >= 15 is 0 Å². The molecular weight excluding hydrogens is 266 g/mol. The summed E-state index contributed by atoms with van der Waals surface area (Å²) in [7, 11) is 0. The smallest absolute Gasteiger partial charge is 0.269 e. The molecule has 0 atom stereocenters.